The molecule has 0 spiro atoms. The van der Waals surface area contributed by atoms with Gasteiger partial charge in [-0.3, -0.25) is 0 Å². The zero-order chi connectivity index (χ0) is 13.2. The van der Waals surface area contributed by atoms with Crippen LogP contribution in [0.5, 0.6) is 0 Å². The second-order valence-corrected chi connectivity index (χ2v) is 7.65. The molecule has 3 unspecified atom stereocenters. The van der Waals surface area contributed by atoms with Gasteiger partial charge in [0.25, 0.3) is 0 Å². The van der Waals surface area contributed by atoms with Crippen molar-refractivity contribution < 1.29 is 0 Å². The van der Waals surface area contributed by atoms with Crippen LogP contribution in [0.25, 0.3) is 0 Å². The van der Waals surface area contributed by atoms with Crippen LogP contribution in [0.4, 0.5) is 0 Å². The van der Waals surface area contributed by atoms with Gasteiger partial charge in [0, 0.05) is 6.04 Å². The van der Waals surface area contributed by atoms with E-state index in [0.717, 1.165) is 11.8 Å². The molecule has 0 saturated heterocycles. The molecule has 1 aliphatic carbocycles. The van der Waals surface area contributed by atoms with Gasteiger partial charge in [0.2, 0.25) is 0 Å². The predicted octanol–water partition coefficient (Wildman–Crippen LogP) is 4.34. The van der Waals surface area contributed by atoms with E-state index in [4.69, 9.17) is 0 Å². The third-order valence-electron chi connectivity index (χ3n) is 4.66. The smallest absolute Gasteiger partial charge is 0.00957 e. The second kappa shape index (κ2) is 5.75. The number of hydrogen-bond donors (Lipinski definition) is 1. The van der Waals surface area contributed by atoms with Crippen molar-refractivity contribution in [2.45, 2.75) is 52.5 Å². The summed E-state index contributed by atoms with van der Waals surface area (Å²) in [5.74, 6) is 1.69. The third-order valence-corrected chi connectivity index (χ3v) is 5.39. The minimum atomic E-state index is 0.464. The quantitative estimate of drug-likeness (QED) is 0.857. The minimum Gasteiger partial charge on any atom is -0.317 e. The number of rotatable bonds is 3. The number of nitrogens with one attached hydrogen (secondary N) is 1. The lowest BCUT2D eigenvalue weighted by atomic mass is 9.66. The Morgan fingerprint density at radius 1 is 1.33 bits per heavy atom. The lowest BCUT2D eigenvalue weighted by Crippen LogP contribution is -2.42. The van der Waals surface area contributed by atoms with Crippen molar-refractivity contribution in [1.82, 2.24) is 5.32 Å². The Morgan fingerprint density at radius 2 is 2.11 bits per heavy atom. The third kappa shape index (κ3) is 3.36. The van der Waals surface area contributed by atoms with Crippen LogP contribution in [-0.2, 0) is 6.42 Å². The Morgan fingerprint density at radius 3 is 2.67 bits per heavy atom. The summed E-state index contributed by atoms with van der Waals surface area (Å²) in [6, 6.07) is 3.00. The Hall–Kier alpha value is -0.340. The molecule has 18 heavy (non-hydrogen) atoms. The van der Waals surface area contributed by atoms with Gasteiger partial charge in [-0.2, -0.15) is 11.3 Å². The normalized spacial score (nSPS) is 29.4. The van der Waals surface area contributed by atoms with Crippen molar-refractivity contribution in [3.63, 3.8) is 0 Å². The maximum atomic E-state index is 3.54. The van der Waals surface area contributed by atoms with Crippen molar-refractivity contribution in [2.24, 2.45) is 17.3 Å². The molecule has 1 fully saturated rings. The van der Waals surface area contributed by atoms with Crippen molar-refractivity contribution >= 4 is 11.3 Å². The maximum Gasteiger partial charge on any atom is 0.00957 e. The first kappa shape index (κ1) is 14.1. The molecule has 1 N–H and O–H groups in total. The van der Waals surface area contributed by atoms with Crippen LogP contribution in [0, 0.1) is 17.3 Å². The second-order valence-electron chi connectivity index (χ2n) is 6.87. The molecule has 0 bridgehead atoms. The maximum absolute atomic E-state index is 3.54. The molecule has 2 heteroatoms. The van der Waals surface area contributed by atoms with E-state index in [-0.39, 0.29) is 0 Å². The molecule has 1 saturated carbocycles. The van der Waals surface area contributed by atoms with Gasteiger partial charge in [0.1, 0.15) is 0 Å². The fraction of sp³-hybridized carbons (Fsp3) is 0.750. The van der Waals surface area contributed by atoms with Gasteiger partial charge < -0.3 is 5.32 Å². The highest BCUT2D eigenvalue weighted by Crippen LogP contribution is 2.41. The van der Waals surface area contributed by atoms with E-state index in [0.29, 0.717) is 11.5 Å². The van der Waals surface area contributed by atoms with Gasteiger partial charge in [0.05, 0.1) is 0 Å². The van der Waals surface area contributed by atoms with Gasteiger partial charge in [-0.05, 0) is 72.4 Å². The summed E-state index contributed by atoms with van der Waals surface area (Å²) in [5, 5.41) is 8.06. The molecule has 1 aliphatic rings. The van der Waals surface area contributed by atoms with Crippen LogP contribution in [0.3, 0.4) is 0 Å². The van der Waals surface area contributed by atoms with E-state index in [1.54, 1.807) is 0 Å². The van der Waals surface area contributed by atoms with Crippen molar-refractivity contribution in [3.8, 4) is 0 Å². The molecule has 0 aromatic carbocycles. The Bertz CT molecular complexity index is 350. The van der Waals surface area contributed by atoms with Crippen LogP contribution in [0.1, 0.15) is 45.6 Å². The number of thiophene rings is 1. The molecule has 3 atom stereocenters. The monoisotopic (exact) mass is 265 g/mol. The minimum absolute atomic E-state index is 0.464. The molecular weight excluding hydrogens is 238 g/mol. The zero-order valence-corrected chi connectivity index (χ0v) is 13.0. The summed E-state index contributed by atoms with van der Waals surface area (Å²) in [4.78, 5) is 0. The van der Waals surface area contributed by atoms with Gasteiger partial charge >= 0.3 is 0 Å². The highest BCUT2D eigenvalue weighted by molar-refractivity contribution is 7.07. The summed E-state index contributed by atoms with van der Waals surface area (Å²) in [6.07, 6.45) is 5.36. The number of hydrogen-bond acceptors (Lipinski definition) is 2. The van der Waals surface area contributed by atoms with Crippen LogP contribution >= 0.6 is 11.3 Å². The van der Waals surface area contributed by atoms with E-state index in [2.05, 4.69) is 50.0 Å². The first-order chi connectivity index (χ1) is 8.50. The highest BCUT2D eigenvalue weighted by atomic mass is 32.1. The lowest BCUT2D eigenvalue weighted by molar-refractivity contribution is 0.117. The summed E-state index contributed by atoms with van der Waals surface area (Å²) >= 11 is 1.82. The molecule has 0 amide bonds. The molecule has 1 aromatic heterocycles. The molecule has 1 aromatic rings. The highest BCUT2D eigenvalue weighted by Gasteiger charge is 2.35. The average Bonchev–Trinajstić information content (AvgIpc) is 2.80. The topological polar surface area (TPSA) is 12.0 Å². The van der Waals surface area contributed by atoms with E-state index >= 15 is 0 Å². The van der Waals surface area contributed by atoms with Crippen LogP contribution in [-0.4, -0.2) is 13.1 Å². The molecule has 1 heterocycles. The molecular formula is C16H27NS. The Balaban J connectivity index is 2.04. The average molecular weight is 265 g/mol. The summed E-state index contributed by atoms with van der Waals surface area (Å²) in [6.45, 7) is 7.21. The molecule has 0 aliphatic heterocycles. The van der Waals surface area contributed by atoms with E-state index in [1.807, 2.05) is 11.3 Å². The van der Waals surface area contributed by atoms with E-state index < -0.39 is 0 Å². The van der Waals surface area contributed by atoms with Crippen molar-refractivity contribution in [2.75, 3.05) is 7.05 Å². The van der Waals surface area contributed by atoms with Gasteiger partial charge in [-0.1, -0.05) is 20.8 Å². The van der Waals surface area contributed by atoms with Gasteiger partial charge in [0.15, 0.2) is 0 Å². The van der Waals surface area contributed by atoms with E-state index in [9.17, 15) is 0 Å². The summed E-state index contributed by atoms with van der Waals surface area (Å²) < 4.78 is 0. The molecule has 102 valence electrons. The van der Waals surface area contributed by atoms with Gasteiger partial charge in [-0.25, -0.2) is 0 Å². The van der Waals surface area contributed by atoms with Crippen LogP contribution in [0.2, 0.25) is 0 Å². The summed E-state index contributed by atoms with van der Waals surface area (Å²) in [5.41, 5.74) is 1.99. The molecule has 1 nitrogen and oxygen atoms in total. The van der Waals surface area contributed by atoms with Crippen molar-refractivity contribution in [3.05, 3.63) is 22.4 Å². The lowest BCUT2D eigenvalue weighted by Gasteiger charge is -2.42. The Labute approximate surface area is 116 Å². The predicted molar refractivity (Wildman–Crippen MR) is 81.2 cm³/mol. The first-order valence-electron chi connectivity index (χ1n) is 7.19. The molecule has 2 rings (SSSR count). The van der Waals surface area contributed by atoms with Gasteiger partial charge in [-0.15, -0.1) is 0 Å². The SMILES string of the molecule is CNC1CCC(C(C)(C)C)CC1Cc1ccsc1. The Kier molecular flexibility index (Phi) is 4.50. The fourth-order valence-electron chi connectivity index (χ4n) is 3.37. The molecule has 0 radical (unpaired) electrons. The van der Waals surface area contributed by atoms with E-state index in [1.165, 1.54) is 31.2 Å². The van der Waals surface area contributed by atoms with Crippen LogP contribution in [0.15, 0.2) is 16.8 Å². The zero-order valence-electron chi connectivity index (χ0n) is 12.2. The fourth-order valence-corrected chi connectivity index (χ4v) is 4.05. The van der Waals surface area contributed by atoms with Crippen molar-refractivity contribution in [1.29, 1.82) is 0 Å². The standard InChI is InChI=1S/C16H27NS/c1-16(2,3)14-5-6-15(17-4)13(10-14)9-12-7-8-18-11-12/h7-8,11,13-15,17H,5-6,9-10H2,1-4H3. The largest absolute Gasteiger partial charge is 0.317 e. The first-order valence-corrected chi connectivity index (χ1v) is 8.13. The summed E-state index contributed by atoms with van der Waals surface area (Å²) in [7, 11) is 2.13. The van der Waals surface area contributed by atoms with Crippen LogP contribution < -0.4 is 5.32 Å².